The zero-order valence-electron chi connectivity index (χ0n) is 16.7. The van der Waals surface area contributed by atoms with Gasteiger partial charge in [-0.15, -0.1) is 10.2 Å². The summed E-state index contributed by atoms with van der Waals surface area (Å²) in [7, 11) is -3.80. The Morgan fingerprint density at radius 3 is 2.33 bits per heavy atom. The van der Waals surface area contributed by atoms with Gasteiger partial charge >= 0.3 is 0 Å². The van der Waals surface area contributed by atoms with Gasteiger partial charge in [-0.25, -0.2) is 12.8 Å². The van der Waals surface area contributed by atoms with Crippen molar-refractivity contribution in [3.8, 4) is 10.6 Å². The number of hydrogen-bond donors (Lipinski definition) is 1. The Morgan fingerprint density at radius 1 is 1.13 bits per heavy atom. The molecule has 1 amide bonds. The molecule has 158 valence electrons. The standard InChI is InChI=1S/C20H21FN4O3S2/c1-4-17(25(30(3,27)28)16-11-9-15(21)10-12-16)18(26)22-20-24-23-19(29-20)14-7-5-13(2)6-8-14/h5-12,17H,4H2,1-3H3,(H,22,24,26)/t17-/m1/s1. The minimum absolute atomic E-state index is 0.207. The summed E-state index contributed by atoms with van der Waals surface area (Å²) in [5, 5.41) is 11.6. The lowest BCUT2D eigenvalue weighted by molar-refractivity contribution is -0.117. The molecule has 0 fully saturated rings. The summed E-state index contributed by atoms with van der Waals surface area (Å²) in [5.41, 5.74) is 2.19. The average molecular weight is 449 g/mol. The summed E-state index contributed by atoms with van der Waals surface area (Å²) in [4.78, 5) is 12.9. The van der Waals surface area contributed by atoms with Gasteiger partial charge in [0, 0.05) is 5.56 Å². The van der Waals surface area contributed by atoms with E-state index < -0.39 is 27.8 Å². The van der Waals surface area contributed by atoms with E-state index in [2.05, 4.69) is 15.5 Å². The number of aryl methyl sites for hydroxylation is 1. The number of sulfonamides is 1. The number of carbonyl (C=O) groups is 1. The van der Waals surface area contributed by atoms with Gasteiger partial charge in [-0.1, -0.05) is 48.1 Å². The van der Waals surface area contributed by atoms with Crippen molar-refractivity contribution in [3.05, 3.63) is 59.9 Å². The third-order valence-corrected chi connectivity index (χ3v) is 6.43. The predicted octanol–water partition coefficient (Wildman–Crippen LogP) is 3.84. The van der Waals surface area contributed by atoms with E-state index in [9.17, 15) is 17.6 Å². The fraction of sp³-hybridized carbons (Fsp3) is 0.250. The van der Waals surface area contributed by atoms with Gasteiger partial charge in [0.05, 0.1) is 11.9 Å². The summed E-state index contributed by atoms with van der Waals surface area (Å²) in [6.45, 7) is 3.68. The van der Waals surface area contributed by atoms with Gasteiger partial charge < -0.3 is 0 Å². The molecular weight excluding hydrogens is 427 g/mol. The summed E-state index contributed by atoms with van der Waals surface area (Å²) >= 11 is 1.19. The van der Waals surface area contributed by atoms with Crippen LogP contribution in [0.15, 0.2) is 48.5 Å². The van der Waals surface area contributed by atoms with Gasteiger partial charge in [-0.05, 0) is 37.6 Å². The molecule has 0 aliphatic rings. The molecule has 1 atom stereocenters. The van der Waals surface area contributed by atoms with Gasteiger partial charge in [0.2, 0.25) is 21.1 Å². The van der Waals surface area contributed by atoms with Gasteiger partial charge in [0.25, 0.3) is 0 Å². The van der Waals surface area contributed by atoms with Crippen LogP contribution in [0.1, 0.15) is 18.9 Å². The first-order valence-electron chi connectivity index (χ1n) is 9.15. The van der Waals surface area contributed by atoms with E-state index in [0.29, 0.717) is 5.01 Å². The minimum Gasteiger partial charge on any atom is -0.299 e. The van der Waals surface area contributed by atoms with E-state index in [4.69, 9.17) is 0 Å². The highest BCUT2D eigenvalue weighted by Crippen LogP contribution is 2.28. The molecule has 1 heterocycles. The zero-order chi connectivity index (χ0) is 21.9. The molecule has 0 aliphatic carbocycles. The molecule has 0 unspecified atom stereocenters. The summed E-state index contributed by atoms with van der Waals surface area (Å²) in [6, 6.07) is 11.7. The number of rotatable bonds is 7. The SMILES string of the molecule is CC[C@H](C(=O)Nc1nnc(-c2ccc(C)cc2)s1)N(c1ccc(F)cc1)S(C)(=O)=O. The Labute approximate surface area is 178 Å². The molecule has 0 saturated heterocycles. The second-order valence-corrected chi connectivity index (χ2v) is 9.56. The van der Waals surface area contributed by atoms with E-state index in [1.54, 1.807) is 6.92 Å². The van der Waals surface area contributed by atoms with Crippen molar-refractivity contribution in [2.45, 2.75) is 26.3 Å². The quantitative estimate of drug-likeness (QED) is 0.593. The van der Waals surface area contributed by atoms with Crippen LogP contribution in [0.25, 0.3) is 10.6 Å². The molecule has 1 N–H and O–H groups in total. The van der Waals surface area contributed by atoms with E-state index in [0.717, 1.165) is 33.8 Å². The lowest BCUT2D eigenvalue weighted by Gasteiger charge is -2.29. The van der Waals surface area contributed by atoms with Crippen LogP contribution in [0.4, 0.5) is 15.2 Å². The second-order valence-electron chi connectivity index (χ2n) is 6.73. The third-order valence-electron chi connectivity index (χ3n) is 4.36. The molecular formula is C20H21FN4O3S2. The van der Waals surface area contributed by atoms with Crippen LogP contribution >= 0.6 is 11.3 Å². The maximum atomic E-state index is 13.3. The number of hydrogen-bond acceptors (Lipinski definition) is 6. The maximum absolute atomic E-state index is 13.3. The first kappa shape index (κ1) is 21.8. The number of amides is 1. The summed E-state index contributed by atoms with van der Waals surface area (Å²) in [6.07, 6.45) is 1.21. The largest absolute Gasteiger partial charge is 0.299 e. The minimum atomic E-state index is -3.80. The Balaban J connectivity index is 1.84. The van der Waals surface area contributed by atoms with Crippen molar-refractivity contribution in [1.29, 1.82) is 0 Å². The van der Waals surface area contributed by atoms with Crippen LogP contribution in [0.2, 0.25) is 0 Å². The zero-order valence-corrected chi connectivity index (χ0v) is 18.3. The molecule has 3 aromatic rings. The molecule has 2 aromatic carbocycles. The second kappa shape index (κ2) is 8.88. The number of halogens is 1. The Morgan fingerprint density at radius 2 is 1.77 bits per heavy atom. The molecule has 0 aliphatic heterocycles. The average Bonchev–Trinajstić information content (AvgIpc) is 3.15. The van der Waals surface area contributed by atoms with Crippen molar-refractivity contribution in [3.63, 3.8) is 0 Å². The molecule has 0 bridgehead atoms. The molecule has 3 rings (SSSR count). The van der Waals surface area contributed by atoms with E-state index >= 15 is 0 Å². The van der Waals surface area contributed by atoms with Crippen molar-refractivity contribution in [2.75, 3.05) is 15.9 Å². The highest BCUT2D eigenvalue weighted by molar-refractivity contribution is 7.92. The molecule has 0 spiro atoms. The van der Waals surface area contributed by atoms with Crippen LogP contribution < -0.4 is 9.62 Å². The van der Waals surface area contributed by atoms with Gasteiger partial charge in [-0.3, -0.25) is 14.4 Å². The first-order valence-corrected chi connectivity index (χ1v) is 11.8. The molecule has 0 radical (unpaired) electrons. The van der Waals surface area contributed by atoms with E-state index in [-0.39, 0.29) is 17.2 Å². The highest BCUT2D eigenvalue weighted by atomic mass is 32.2. The number of benzene rings is 2. The van der Waals surface area contributed by atoms with Crippen molar-refractivity contribution in [2.24, 2.45) is 0 Å². The lowest BCUT2D eigenvalue weighted by atomic mass is 10.2. The number of carbonyl (C=O) groups excluding carboxylic acids is 1. The summed E-state index contributed by atoms with van der Waals surface area (Å²) < 4.78 is 39.1. The van der Waals surface area contributed by atoms with Gasteiger partial charge in [-0.2, -0.15) is 0 Å². The van der Waals surface area contributed by atoms with Crippen molar-refractivity contribution in [1.82, 2.24) is 10.2 Å². The number of anilines is 2. The topological polar surface area (TPSA) is 92.3 Å². The number of nitrogens with zero attached hydrogens (tertiary/aromatic N) is 3. The van der Waals surface area contributed by atoms with Crippen molar-refractivity contribution >= 4 is 38.1 Å². The summed E-state index contributed by atoms with van der Waals surface area (Å²) in [5.74, 6) is -1.04. The van der Waals surface area contributed by atoms with Crippen molar-refractivity contribution < 1.29 is 17.6 Å². The smallest absolute Gasteiger partial charge is 0.250 e. The third kappa shape index (κ3) is 5.00. The Hall–Kier alpha value is -2.85. The van der Waals surface area contributed by atoms with Crippen LogP contribution in [-0.4, -0.2) is 36.8 Å². The molecule has 30 heavy (non-hydrogen) atoms. The molecule has 7 nitrogen and oxygen atoms in total. The monoisotopic (exact) mass is 448 g/mol. The molecule has 10 heteroatoms. The maximum Gasteiger partial charge on any atom is 0.250 e. The van der Waals surface area contributed by atoms with Crippen LogP contribution in [0.5, 0.6) is 0 Å². The fourth-order valence-corrected chi connectivity index (χ4v) is 4.89. The van der Waals surface area contributed by atoms with Gasteiger partial charge in [0.15, 0.2) is 0 Å². The fourth-order valence-electron chi connectivity index (χ4n) is 2.92. The first-order chi connectivity index (χ1) is 14.2. The van der Waals surface area contributed by atoms with Crippen LogP contribution in [0, 0.1) is 12.7 Å². The Bertz CT molecular complexity index is 1130. The van der Waals surface area contributed by atoms with E-state index in [1.165, 1.54) is 23.5 Å². The molecule has 1 aromatic heterocycles. The number of nitrogens with one attached hydrogen (secondary N) is 1. The van der Waals surface area contributed by atoms with Gasteiger partial charge in [0.1, 0.15) is 16.9 Å². The predicted molar refractivity (Wildman–Crippen MR) is 117 cm³/mol. The Kier molecular flexibility index (Phi) is 6.47. The lowest BCUT2D eigenvalue weighted by Crippen LogP contribution is -2.47. The normalized spacial score (nSPS) is 12.4. The molecule has 0 saturated carbocycles. The van der Waals surface area contributed by atoms with E-state index in [1.807, 2.05) is 31.2 Å². The highest BCUT2D eigenvalue weighted by Gasteiger charge is 2.32. The van der Waals surface area contributed by atoms with Crippen LogP contribution in [-0.2, 0) is 14.8 Å². The number of aromatic nitrogens is 2. The van der Waals surface area contributed by atoms with Crippen LogP contribution in [0.3, 0.4) is 0 Å².